The van der Waals surface area contributed by atoms with Gasteiger partial charge in [0.15, 0.2) is 0 Å². The third-order valence-electron chi connectivity index (χ3n) is 4.51. The molecule has 0 aromatic carbocycles. The zero-order chi connectivity index (χ0) is 12.4. The molecule has 1 saturated carbocycles. The van der Waals surface area contributed by atoms with Crippen LogP contribution in [0.3, 0.4) is 0 Å². The molecule has 3 rings (SSSR count). The number of amides is 1. The van der Waals surface area contributed by atoms with Crippen LogP contribution in [0.15, 0.2) is 0 Å². The van der Waals surface area contributed by atoms with Crippen molar-refractivity contribution in [2.75, 3.05) is 32.8 Å². The fourth-order valence-electron chi connectivity index (χ4n) is 3.07. The molecule has 0 unspecified atom stereocenters. The van der Waals surface area contributed by atoms with E-state index >= 15 is 0 Å². The van der Waals surface area contributed by atoms with Crippen LogP contribution in [0.5, 0.6) is 0 Å². The minimum absolute atomic E-state index is 0.207. The van der Waals surface area contributed by atoms with Gasteiger partial charge in [0, 0.05) is 25.7 Å². The van der Waals surface area contributed by atoms with Crippen LogP contribution in [0.25, 0.3) is 0 Å². The van der Waals surface area contributed by atoms with Gasteiger partial charge in [-0.1, -0.05) is 0 Å². The highest BCUT2D eigenvalue weighted by atomic mass is 16.5. The van der Waals surface area contributed by atoms with Gasteiger partial charge in [0.1, 0.15) is 0 Å². The number of carbonyl (C=O) groups is 1. The molecule has 0 spiro atoms. The summed E-state index contributed by atoms with van der Waals surface area (Å²) in [6.07, 6.45) is 5.95. The van der Waals surface area contributed by atoms with E-state index in [2.05, 4.69) is 10.2 Å². The Kier molecular flexibility index (Phi) is 3.85. The Morgan fingerprint density at radius 2 is 2.17 bits per heavy atom. The molecule has 0 aromatic heterocycles. The van der Waals surface area contributed by atoms with E-state index in [1.807, 2.05) is 0 Å². The van der Waals surface area contributed by atoms with Crippen molar-refractivity contribution >= 4 is 5.91 Å². The van der Waals surface area contributed by atoms with Crippen molar-refractivity contribution < 1.29 is 9.53 Å². The molecule has 102 valence electrons. The van der Waals surface area contributed by atoms with Crippen molar-refractivity contribution in [3.8, 4) is 0 Å². The fourth-order valence-corrected chi connectivity index (χ4v) is 3.07. The molecule has 0 bridgehead atoms. The lowest BCUT2D eigenvalue weighted by atomic mass is 9.95. The number of rotatable bonds is 4. The lowest BCUT2D eigenvalue weighted by Gasteiger charge is -2.35. The number of nitrogens with one attached hydrogen (secondary N) is 1. The van der Waals surface area contributed by atoms with E-state index in [0.717, 1.165) is 58.0 Å². The molecular weight excluding hydrogens is 228 g/mol. The molecule has 1 amide bonds. The molecule has 4 nitrogen and oxygen atoms in total. The summed E-state index contributed by atoms with van der Waals surface area (Å²) in [5.74, 6) is 1.26. The fraction of sp³-hybridized carbons (Fsp3) is 0.929. The summed E-state index contributed by atoms with van der Waals surface area (Å²) in [7, 11) is 0. The van der Waals surface area contributed by atoms with Gasteiger partial charge in [-0.2, -0.15) is 0 Å². The lowest BCUT2D eigenvalue weighted by Crippen LogP contribution is -2.47. The topological polar surface area (TPSA) is 41.6 Å². The van der Waals surface area contributed by atoms with E-state index in [1.54, 1.807) is 0 Å². The van der Waals surface area contributed by atoms with E-state index in [-0.39, 0.29) is 11.8 Å². The van der Waals surface area contributed by atoms with Gasteiger partial charge in [-0.3, -0.25) is 9.69 Å². The number of hydrogen-bond acceptors (Lipinski definition) is 3. The standard InChI is InChI=1S/C14H24N2O2/c17-14(15-8-11-3-4-11)12-2-1-6-16(9-12)13-5-7-18-10-13/h11-13H,1-10H2,(H,15,17)/t12-,13+/m1/s1. The highest BCUT2D eigenvalue weighted by molar-refractivity contribution is 5.79. The summed E-state index contributed by atoms with van der Waals surface area (Å²) in [5.41, 5.74) is 0. The van der Waals surface area contributed by atoms with E-state index < -0.39 is 0 Å². The van der Waals surface area contributed by atoms with Crippen LogP contribution in [0.2, 0.25) is 0 Å². The highest BCUT2D eigenvalue weighted by Gasteiger charge is 2.32. The maximum absolute atomic E-state index is 12.1. The zero-order valence-corrected chi connectivity index (χ0v) is 11.1. The number of hydrogen-bond donors (Lipinski definition) is 1. The van der Waals surface area contributed by atoms with Crippen molar-refractivity contribution in [2.24, 2.45) is 11.8 Å². The first-order valence-corrected chi connectivity index (χ1v) is 7.42. The molecule has 18 heavy (non-hydrogen) atoms. The van der Waals surface area contributed by atoms with Crippen LogP contribution in [0, 0.1) is 11.8 Å². The molecule has 1 N–H and O–H groups in total. The summed E-state index contributed by atoms with van der Waals surface area (Å²) >= 11 is 0. The van der Waals surface area contributed by atoms with Crippen molar-refractivity contribution in [2.45, 2.75) is 38.1 Å². The van der Waals surface area contributed by atoms with Crippen molar-refractivity contribution in [3.05, 3.63) is 0 Å². The SMILES string of the molecule is O=C(NCC1CC1)[C@@H]1CCCN([C@H]2CCOC2)C1. The molecule has 1 aliphatic carbocycles. The Morgan fingerprint density at radius 1 is 1.28 bits per heavy atom. The van der Waals surface area contributed by atoms with Crippen LogP contribution in [-0.4, -0.2) is 49.7 Å². The minimum Gasteiger partial charge on any atom is -0.380 e. The minimum atomic E-state index is 0.207. The average molecular weight is 252 g/mol. The molecule has 0 radical (unpaired) electrons. The third-order valence-corrected chi connectivity index (χ3v) is 4.51. The molecule has 2 saturated heterocycles. The van der Waals surface area contributed by atoms with Gasteiger partial charge in [0.05, 0.1) is 12.5 Å². The molecule has 2 heterocycles. The maximum Gasteiger partial charge on any atom is 0.224 e. The van der Waals surface area contributed by atoms with E-state index in [9.17, 15) is 4.79 Å². The molecule has 3 aliphatic rings. The first-order valence-electron chi connectivity index (χ1n) is 7.42. The third kappa shape index (κ3) is 3.04. The monoisotopic (exact) mass is 252 g/mol. The molecule has 4 heteroatoms. The quantitative estimate of drug-likeness (QED) is 0.812. The molecule has 3 fully saturated rings. The van der Waals surface area contributed by atoms with Crippen LogP contribution >= 0.6 is 0 Å². The summed E-state index contributed by atoms with van der Waals surface area (Å²) in [4.78, 5) is 14.6. The Hall–Kier alpha value is -0.610. The lowest BCUT2D eigenvalue weighted by molar-refractivity contribution is -0.127. The van der Waals surface area contributed by atoms with E-state index in [0.29, 0.717) is 6.04 Å². The zero-order valence-electron chi connectivity index (χ0n) is 11.1. The Bertz CT molecular complexity index is 298. The summed E-state index contributed by atoms with van der Waals surface area (Å²) < 4.78 is 5.45. The molecule has 2 aliphatic heterocycles. The number of carbonyl (C=O) groups excluding carboxylic acids is 1. The van der Waals surface area contributed by atoms with Gasteiger partial charge in [-0.15, -0.1) is 0 Å². The Balaban J connectivity index is 1.47. The Morgan fingerprint density at radius 3 is 2.89 bits per heavy atom. The summed E-state index contributed by atoms with van der Waals surface area (Å²) in [5, 5.41) is 3.13. The average Bonchev–Trinajstić information content (AvgIpc) is 3.08. The Labute approximate surface area is 109 Å². The maximum atomic E-state index is 12.1. The second-order valence-corrected chi connectivity index (χ2v) is 6.04. The molecular formula is C14H24N2O2. The molecule has 2 atom stereocenters. The first-order chi connectivity index (χ1) is 8.83. The van der Waals surface area contributed by atoms with Gasteiger partial charge in [0.2, 0.25) is 5.91 Å². The van der Waals surface area contributed by atoms with Gasteiger partial charge in [0.25, 0.3) is 0 Å². The predicted molar refractivity (Wildman–Crippen MR) is 69.3 cm³/mol. The molecule has 0 aromatic rings. The van der Waals surface area contributed by atoms with Crippen molar-refractivity contribution in [1.29, 1.82) is 0 Å². The van der Waals surface area contributed by atoms with Gasteiger partial charge in [-0.25, -0.2) is 0 Å². The smallest absolute Gasteiger partial charge is 0.224 e. The first kappa shape index (κ1) is 12.4. The summed E-state index contributed by atoms with van der Waals surface area (Å²) in [6.45, 7) is 4.73. The predicted octanol–water partition coefficient (Wildman–Crippen LogP) is 1.01. The van der Waals surface area contributed by atoms with Crippen LogP contribution in [-0.2, 0) is 9.53 Å². The van der Waals surface area contributed by atoms with Crippen LogP contribution < -0.4 is 5.32 Å². The van der Waals surface area contributed by atoms with Gasteiger partial charge < -0.3 is 10.1 Å². The van der Waals surface area contributed by atoms with E-state index in [4.69, 9.17) is 4.74 Å². The van der Waals surface area contributed by atoms with Crippen LogP contribution in [0.1, 0.15) is 32.1 Å². The van der Waals surface area contributed by atoms with Gasteiger partial charge in [-0.05, 0) is 44.6 Å². The largest absolute Gasteiger partial charge is 0.380 e. The second kappa shape index (κ2) is 5.57. The highest BCUT2D eigenvalue weighted by Crippen LogP contribution is 2.28. The number of likely N-dealkylation sites (tertiary alicyclic amines) is 1. The second-order valence-electron chi connectivity index (χ2n) is 6.04. The van der Waals surface area contributed by atoms with Crippen molar-refractivity contribution in [1.82, 2.24) is 10.2 Å². The van der Waals surface area contributed by atoms with Crippen LogP contribution in [0.4, 0.5) is 0 Å². The normalized spacial score (nSPS) is 33.6. The van der Waals surface area contributed by atoms with Gasteiger partial charge >= 0.3 is 0 Å². The van der Waals surface area contributed by atoms with Crippen molar-refractivity contribution in [3.63, 3.8) is 0 Å². The summed E-state index contributed by atoms with van der Waals surface area (Å²) in [6, 6.07) is 0.559. The number of ether oxygens (including phenoxy) is 1. The number of piperidine rings is 1. The van der Waals surface area contributed by atoms with E-state index in [1.165, 1.54) is 12.8 Å². The number of nitrogens with zero attached hydrogens (tertiary/aromatic N) is 1.